The van der Waals surface area contributed by atoms with E-state index in [9.17, 15) is 9.90 Å². The van der Waals surface area contributed by atoms with Gasteiger partial charge in [0.1, 0.15) is 5.82 Å². The van der Waals surface area contributed by atoms with E-state index >= 15 is 0 Å². The fourth-order valence-corrected chi connectivity index (χ4v) is 2.49. The average Bonchev–Trinajstić information content (AvgIpc) is 2.26. The Bertz CT molecular complexity index is 678. The number of aromatic hydroxyl groups is 1. The molecule has 0 bridgehead atoms. The summed E-state index contributed by atoms with van der Waals surface area (Å²) in [5.74, 6) is 0.115. The first kappa shape index (κ1) is 13.8. The largest absolute Gasteiger partial charge is 0.493 e. The quantitative estimate of drug-likeness (QED) is 0.891. The zero-order valence-electron chi connectivity index (χ0n) is 11.0. The molecule has 2 rings (SSSR count). The number of aromatic nitrogens is 2. The summed E-state index contributed by atoms with van der Waals surface area (Å²) in [6.07, 6.45) is 0. The predicted octanol–water partition coefficient (Wildman–Crippen LogP) is 3.34. The van der Waals surface area contributed by atoms with Crippen LogP contribution >= 0.6 is 15.9 Å². The number of aromatic amines is 1. The summed E-state index contributed by atoms with van der Waals surface area (Å²) >= 11 is 3.39. The molecule has 0 amide bonds. The Morgan fingerprint density at radius 3 is 2.58 bits per heavy atom. The Balaban J connectivity index is 2.62. The van der Waals surface area contributed by atoms with Crippen molar-refractivity contribution in [3.8, 4) is 17.3 Å². The van der Waals surface area contributed by atoms with E-state index in [-0.39, 0.29) is 17.4 Å². The van der Waals surface area contributed by atoms with Gasteiger partial charge in [-0.2, -0.15) is 4.98 Å². The Morgan fingerprint density at radius 1 is 1.37 bits per heavy atom. The Hall–Kier alpha value is -1.62. The fraction of sp³-hybridized carbons (Fsp3) is 0.286. The Morgan fingerprint density at radius 2 is 2.05 bits per heavy atom. The lowest BCUT2D eigenvalue weighted by Gasteiger charge is -2.10. The highest BCUT2D eigenvalue weighted by atomic mass is 79.9. The van der Waals surface area contributed by atoms with Crippen molar-refractivity contribution in [1.29, 1.82) is 0 Å². The number of rotatable bonds is 2. The maximum absolute atomic E-state index is 12.0. The molecular formula is C14H15BrN2O2. The molecule has 0 aliphatic rings. The van der Waals surface area contributed by atoms with Crippen LogP contribution < -0.4 is 5.56 Å². The van der Waals surface area contributed by atoms with Gasteiger partial charge >= 0.3 is 0 Å². The van der Waals surface area contributed by atoms with Gasteiger partial charge in [-0.1, -0.05) is 29.8 Å². The number of H-pyrrole nitrogens is 1. The maximum Gasteiger partial charge on any atom is 0.258 e. The molecule has 2 N–H and O–H groups in total. The lowest BCUT2D eigenvalue weighted by Crippen LogP contribution is -2.16. The molecule has 2 aromatic rings. The number of hydrogen-bond donors (Lipinski definition) is 2. The first-order valence-corrected chi connectivity index (χ1v) is 6.79. The van der Waals surface area contributed by atoms with Gasteiger partial charge in [-0.15, -0.1) is 0 Å². The van der Waals surface area contributed by atoms with Gasteiger partial charge in [0, 0.05) is 10.0 Å². The minimum absolute atomic E-state index is 0.0729. The van der Waals surface area contributed by atoms with E-state index in [1.807, 2.05) is 39.0 Å². The molecule has 0 aliphatic carbocycles. The van der Waals surface area contributed by atoms with Crippen LogP contribution in [0.5, 0.6) is 5.88 Å². The molecule has 0 radical (unpaired) electrons. The van der Waals surface area contributed by atoms with Crippen molar-refractivity contribution in [2.75, 3.05) is 0 Å². The number of benzene rings is 1. The second-order valence-corrected chi connectivity index (χ2v) is 5.68. The smallest absolute Gasteiger partial charge is 0.258 e. The van der Waals surface area contributed by atoms with Crippen LogP contribution in [0.15, 0.2) is 27.5 Å². The SMILES string of the molecule is Cc1cc(Br)ccc1-c1nc(O)c(C(C)C)c(=O)[nH]1. The van der Waals surface area contributed by atoms with Gasteiger partial charge in [-0.05, 0) is 36.6 Å². The Labute approximate surface area is 119 Å². The van der Waals surface area contributed by atoms with Crippen molar-refractivity contribution in [3.05, 3.63) is 44.2 Å². The summed E-state index contributed by atoms with van der Waals surface area (Å²) in [6, 6.07) is 5.66. The van der Waals surface area contributed by atoms with Gasteiger partial charge in [0.15, 0.2) is 0 Å². The van der Waals surface area contributed by atoms with Gasteiger partial charge in [-0.25, -0.2) is 0 Å². The van der Waals surface area contributed by atoms with E-state index in [0.29, 0.717) is 11.4 Å². The monoisotopic (exact) mass is 322 g/mol. The van der Waals surface area contributed by atoms with Crippen molar-refractivity contribution >= 4 is 15.9 Å². The molecule has 1 aromatic carbocycles. The third kappa shape index (κ3) is 2.71. The van der Waals surface area contributed by atoms with Gasteiger partial charge in [-0.3, -0.25) is 4.79 Å². The predicted molar refractivity (Wildman–Crippen MR) is 78.5 cm³/mol. The van der Waals surface area contributed by atoms with Crippen molar-refractivity contribution in [3.63, 3.8) is 0 Å². The third-order valence-corrected chi connectivity index (χ3v) is 3.45. The zero-order valence-corrected chi connectivity index (χ0v) is 12.6. The molecule has 1 heterocycles. The van der Waals surface area contributed by atoms with E-state index in [1.54, 1.807) is 0 Å². The van der Waals surface area contributed by atoms with Crippen LogP contribution in [0.3, 0.4) is 0 Å². The molecule has 0 saturated carbocycles. The summed E-state index contributed by atoms with van der Waals surface area (Å²) in [6.45, 7) is 5.61. The van der Waals surface area contributed by atoms with Crippen molar-refractivity contribution in [2.45, 2.75) is 26.7 Å². The minimum atomic E-state index is -0.292. The molecule has 0 aliphatic heterocycles. The summed E-state index contributed by atoms with van der Waals surface area (Å²) in [4.78, 5) is 18.8. The molecule has 4 nitrogen and oxygen atoms in total. The number of hydrogen-bond acceptors (Lipinski definition) is 3. The van der Waals surface area contributed by atoms with Crippen molar-refractivity contribution in [2.24, 2.45) is 0 Å². The third-order valence-electron chi connectivity index (χ3n) is 2.96. The van der Waals surface area contributed by atoms with Crippen LogP contribution in [0, 0.1) is 6.92 Å². The number of nitrogens with zero attached hydrogens (tertiary/aromatic N) is 1. The molecule has 0 saturated heterocycles. The van der Waals surface area contributed by atoms with Gasteiger partial charge < -0.3 is 10.1 Å². The van der Waals surface area contributed by atoms with Gasteiger partial charge in [0.2, 0.25) is 5.88 Å². The van der Waals surface area contributed by atoms with E-state index in [0.717, 1.165) is 15.6 Å². The van der Waals surface area contributed by atoms with Crippen LogP contribution in [0.1, 0.15) is 30.9 Å². The van der Waals surface area contributed by atoms with Crippen LogP contribution in [-0.4, -0.2) is 15.1 Å². The summed E-state index contributed by atoms with van der Waals surface area (Å²) < 4.78 is 0.958. The highest BCUT2D eigenvalue weighted by Crippen LogP contribution is 2.26. The van der Waals surface area contributed by atoms with Crippen LogP contribution in [0.4, 0.5) is 0 Å². The molecular weight excluding hydrogens is 308 g/mol. The van der Waals surface area contributed by atoms with Crippen molar-refractivity contribution < 1.29 is 5.11 Å². The highest BCUT2D eigenvalue weighted by molar-refractivity contribution is 9.10. The molecule has 100 valence electrons. The van der Waals surface area contributed by atoms with Crippen molar-refractivity contribution in [1.82, 2.24) is 9.97 Å². The summed E-state index contributed by atoms with van der Waals surface area (Å²) in [5.41, 5.74) is 1.79. The standard InChI is InChI=1S/C14H15BrN2O2/c1-7(2)11-13(18)16-12(17-14(11)19)10-5-4-9(15)6-8(10)3/h4-7H,1-3H3,(H2,16,17,18,19). The normalized spacial score (nSPS) is 11.0. The fourth-order valence-electron chi connectivity index (χ4n) is 2.01. The van der Waals surface area contributed by atoms with Crippen LogP contribution in [0.25, 0.3) is 11.4 Å². The minimum Gasteiger partial charge on any atom is -0.493 e. The van der Waals surface area contributed by atoms with Gasteiger partial charge in [0.05, 0.1) is 5.56 Å². The highest BCUT2D eigenvalue weighted by Gasteiger charge is 2.15. The lowest BCUT2D eigenvalue weighted by atomic mass is 10.1. The second-order valence-electron chi connectivity index (χ2n) is 4.77. The zero-order chi connectivity index (χ0) is 14.2. The number of aryl methyl sites for hydroxylation is 1. The first-order chi connectivity index (χ1) is 8.90. The average molecular weight is 323 g/mol. The molecule has 0 fully saturated rings. The first-order valence-electron chi connectivity index (χ1n) is 6.00. The van der Waals surface area contributed by atoms with Gasteiger partial charge in [0.25, 0.3) is 5.56 Å². The molecule has 0 unspecified atom stereocenters. The van der Waals surface area contributed by atoms with E-state index in [4.69, 9.17) is 0 Å². The Kier molecular flexibility index (Phi) is 3.75. The molecule has 1 aromatic heterocycles. The van der Waals surface area contributed by atoms with E-state index in [1.165, 1.54) is 0 Å². The molecule has 19 heavy (non-hydrogen) atoms. The van der Waals surface area contributed by atoms with E-state index in [2.05, 4.69) is 25.9 Å². The molecule has 0 atom stereocenters. The van der Waals surface area contributed by atoms with Crippen LogP contribution in [0.2, 0.25) is 0 Å². The van der Waals surface area contributed by atoms with E-state index < -0.39 is 0 Å². The molecule has 0 spiro atoms. The number of nitrogens with one attached hydrogen (secondary N) is 1. The number of halogens is 1. The maximum atomic E-state index is 12.0. The molecule has 5 heteroatoms. The second kappa shape index (κ2) is 5.17. The lowest BCUT2D eigenvalue weighted by molar-refractivity contribution is 0.440. The summed E-state index contributed by atoms with van der Waals surface area (Å²) in [5, 5.41) is 9.91. The summed E-state index contributed by atoms with van der Waals surface area (Å²) in [7, 11) is 0. The van der Waals surface area contributed by atoms with Crippen LogP contribution in [-0.2, 0) is 0 Å². The topological polar surface area (TPSA) is 66.0 Å².